The van der Waals surface area contributed by atoms with Crippen molar-refractivity contribution in [3.8, 4) is 22.3 Å². The quantitative estimate of drug-likeness (QED) is 0.0376. The third-order valence-electron chi connectivity index (χ3n) is 12.2. The van der Waals surface area contributed by atoms with Crippen molar-refractivity contribution >= 4 is 34.3 Å². The van der Waals surface area contributed by atoms with Gasteiger partial charge in [0, 0.05) is 5.71 Å². The molecule has 0 radical (unpaired) electrons. The van der Waals surface area contributed by atoms with E-state index >= 15 is 0 Å². The van der Waals surface area contributed by atoms with Crippen molar-refractivity contribution in [2.45, 2.75) is 54.5 Å². The Kier molecular flexibility index (Phi) is 17.9. The molecule has 2 heteroatoms. The summed E-state index contributed by atoms with van der Waals surface area (Å²) >= 11 is 0. The first-order chi connectivity index (χ1) is 34.3. The van der Waals surface area contributed by atoms with Crippen molar-refractivity contribution in [1.29, 1.82) is 0 Å². The average molecular weight is 909 g/mol. The van der Waals surface area contributed by atoms with Crippen molar-refractivity contribution < 1.29 is 0 Å². The van der Waals surface area contributed by atoms with Gasteiger partial charge in [-0.2, -0.15) is 0 Å². The zero-order valence-electron chi connectivity index (χ0n) is 41.6. The van der Waals surface area contributed by atoms with Crippen LogP contribution in [0.4, 0.5) is 0 Å². The van der Waals surface area contributed by atoms with Gasteiger partial charge in [0.1, 0.15) is 5.84 Å². The number of hydrogen-bond donors (Lipinski definition) is 0. The fourth-order valence-electron chi connectivity index (χ4n) is 8.80. The molecule has 0 unspecified atom stereocenters. The van der Waals surface area contributed by atoms with E-state index in [1.807, 2.05) is 38.1 Å². The Balaban J connectivity index is 1.46. The van der Waals surface area contributed by atoms with Crippen molar-refractivity contribution in [1.82, 2.24) is 0 Å². The van der Waals surface area contributed by atoms with E-state index in [1.54, 1.807) is 0 Å². The molecular formula is C68H64N2. The van der Waals surface area contributed by atoms with Crippen LogP contribution < -0.4 is 0 Å². The second-order valence-electron chi connectivity index (χ2n) is 17.2. The van der Waals surface area contributed by atoms with E-state index in [9.17, 15) is 0 Å². The molecule has 2 nitrogen and oxygen atoms in total. The summed E-state index contributed by atoms with van der Waals surface area (Å²) in [5.41, 5.74) is 20.1. The Morgan fingerprint density at radius 2 is 1.07 bits per heavy atom. The zero-order chi connectivity index (χ0) is 49.1. The van der Waals surface area contributed by atoms with Crippen LogP contribution in [0.3, 0.4) is 0 Å². The Bertz CT molecular complexity index is 3170. The number of nitrogens with zero attached hydrogens (tertiary/aromatic N) is 2. The van der Waals surface area contributed by atoms with Crippen molar-refractivity contribution in [3.05, 3.63) is 299 Å². The van der Waals surface area contributed by atoms with E-state index < -0.39 is 0 Å². The monoisotopic (exact) mass is 909 g/mol. The van der Waals surface area contributed by atoms with E-state index in [-0.39, 0.29) is 0 Å². The maximum atomic E-state index is 4.87. The van der Waals surface area contributed by atoms with Gasteiger partial charge >= 0.3 is 0 Å². The molecule has 0 aliphatic carbocycles. The molecule has 0 aliphatic heterocycles. The molecule has 7 rings (SSSR count). The standard InChI is InChI=1S/C68H64N2/c1-8-12-33-58(29-10-3)66(50(5)55(11-4)28-9-2)68(67(59-38-23-16-24-39-59)65(57-36-21-15-22-37-57)46-53-30-17-13-18-31-53)64-44-27-43-63(48-64)62-42-26-41-61(47-62)60-40-25-32-54(45-60)49-69-52(7)70-51(6)56-34-19-14-20-35-56/h9-48H,3,8,49H2,1-2,4-7H3/b28-9-,33-12-,55-11+,58-29+,65-46+,66-50+,68-67-,69-52?,70-51?. The molecule has 7 aromatic rings. The fourth-order valence-corrected chi connectivity index (χ4v) is 8.80. The van der Waals surface area contributed by atoms with Gasteiger partial charge in [0.2, 0.25) is 0 Å². The first kappa shape index (κ1) is 49.7. The molecule has 0 saturated heterocycles. The summed E-state index contributed by atoms with van der Waals surface area (Å²) in [7, 11) is 0. The lowest BCUT2D eigenvalue weighted by atomic mass is 9.77. The minimum atomic E-state index is 0.545. The minimum Gasteiger partial charge on any atom is -0.266 e. The molecule has 0 atom stereocenters. The predicted molar refractivity (Wildman–Crippen MR) is 306 cm³/mol. The Hall–Kier alpha value is -8.20. The lowest BCUT2D eigenvalue weighted by molar-refractivity contribution is 1.06. The lowest BCUT2D eigenvalue weighted by Crippen LogP contribution is -2.05. The van der Waals surface area contributed by atoms with Crippen molar-refractivity contribution in [2.24, 2.45) is 9.98 Å². The molecule has 0 spiro atoms. The van der Waals surface area contributed by atoms with E-state index in [2.05, 4.69) is 253 Å². The maximum absolute atomic E-state index is 4.87. The number of allylic oxidation sites excluding steroid dienone is 14. The third kappa shape index (κ3) is 12.9. The molecule has 0 heterocycles. The normalized spacial score (nSPS) is 13.7. The zero-order valence-corrected chi connectivity index (χ0v) is 41.6. The van der Waals surface area contributed by atoms with Gasteiger partial charge in [-0.05, 0) is 160 Å². The van der Waals surface area contributed by atoms with E-state index in [1.165, 1.54) is 0 Å². The molecule has 0 amide bonds. The van der Waals surface area contributed by atoms with Crippen LogP contribution in [-0.2, 0) is 6.54 Å². The van der Waals surface area contributed by atoms with E-state index in [4.69, 9.17) is 9.98 Å². The molecule has 0 bridgehead atoms. The SMILES string of the molecule is C=C/C=C(\C=C/CC)C(/C(=C(\C(=C\c1ccccc1)c1ccccc1)c1ccccc1)c1cccc(-c2cccc(-c3cccc(CN=C(C)N=C(C)c4ccccc4)c3)c2)c1)=C(C)\C(\C=C/C)=C\C. The van der Waals surface area contributed by atoms with Crippen LogP contribution in [0.25, 0.3) is 45.0 Å². The highest BCUT2D eigenvalue weighted by Crippen LogP contribution is 2.46. The summed E-state index contributed by atoms with van der Waals surface area (Å²) in [5.74, 6) is 0.759. The van der Waals surface area contributed by atoms with Crippen LogP contribution in [-0.4, -0.2) is 11.5 Å². The number of amidine groups is 1. The Morgan fingerprint density at radius 3 is 1.67 bits per heavy atom. The Labute approximate surface area is 418 Å². The second-order valence-corrected chi connectivity index (χ2v) is 17.2. The minimum absolute atomic E-state index is 0.545. The molecule has 7 aromatic carbocycles. The summed E-state index contributed by atoms with van der Waals surface area (Å²) in [6.07, 6.45) is 18.4. The highest BCUT2D eigenvalue weighted by Gasteiger charge is 2.25. The predicted octanol–water partition coefficient (Wildman–Crippen LogP) is 18.5. The summed E-state index contributed by atoms with van der Waals surface area (Å²) in [6.45, 7) is 17.5. The molecule has 0 saturated carbocycles. The van der Waals surface area contributed by atoms with Gasteiger partial charge in [0.25, 0.3) is 0 Å². The molecule has 0 fully saturated rings. The summed E-state index contributed by atoms with van der Waals surface area (Å²) < 4.78 is 0. The van der Waals surface area contributed by atoms with Crippen LogP contribution in [0.1, 0.15) is 81.3 Å². The largest absolute Gasteiger partial charge is 0.266 e. The Morgan fingerprint density at radius 1 is 0.529 bits per heavy atom. The molecular weight excluding hydrogens is 845 g/mol. The van der Waals surface area contributed by atoms with Crippen molar-refractivity contribution in [3.63, 3.8) is 0 Å². The van der Waals surface area contributed by atoms with Crippen molar-refractivity contribution in [2.75, 3.05) is 0 Å². The van der Waals surface area contributed by atoms with Crippen LogP contribution in [0.2, 0.25) is 0 Å². The third-order valence-corrected chi connectivity index (χ3v) is 12.2. The summed E-state index contributed by atoms with van der Waals surface area (Å²) in [5, 5.41) is 0. The van der Waals surface area contributed by atoms with E-state index in [0.29, 0.717) is 6.54 Å². The van der Waals surface area contributed by atoms with E-state index in [0.717, 1.165) is 113 Å². The maximum Gasteiger partial charge on any atom is 0.120 e. The first-order valence-corrected chi connectivity index (χ1v) is 24.4. The molecule has 0 N–H and O–H groups in total. The summed E-state index contributed by atoms with van der Waals surface area (Å²) in [4.78, 5) is 9.66. The molecule has 346 valence electrons. The lowest BCUT2D eigenvalue weighted by Gasteiger charge is -2.26. The molecule has 0 aliphatic rings. The van der Waals surface area contributed by atoms with Gasteiger partial charge in [0.15, 0.2) is 0 Å². The highest BCUT2D eigenvalue weighted by molar-refractivity contribution is 6.22. The number of rotatable bonds is 17. The molecule has 70 heavy (non-hydrogen) atoms. The number of benzene rings is 7. The van der Waals surface area contributed by atoms with Crippen LogP contribution in [0, 0.1) is 0 Å². The average Bonchev–Trinajstić information content (AvgIpc) is 3.41. The van der Waals surface area contributed by atoms with Crippen LogP contribution >= 0.6 is 0 Å². The highest BCUT2D eigenvalue weighted by atomic mass is 14.9. The number of hydrogen-bond acceptors (Lipinski definition) is 1. The van der Waals surface area contributed by atoms with Gasteiger partial charge in [-0.1, -0.05) is 232 Å². The molecule has 0 aromatic heterocycles. The fraction of sp³-hybridized carbons (Fsp3) is 0.118. The van der Waals surface area contributed by atoms with Gasteiger partial charge in [0.05, 0.1) is 6.54 Å². The van der Waals surface area contributed by atoms with Crippen LogP contribution in [0.5, 0.6) is 0 Å². The smallest absolute Gasteiger partial charge is 0.120 e. The van der Waals surface area contributed by atoms with Gasteiger partial charge in [-0.3, -0.25) is 4.99 Å². The van der Waals surface area contributed by atoms with Gasteiger partial charge in [-0.15, -0.1) is 0 Å². The van der Waals surface area contributed by atoms with Crippen LogP contribution in [0.15, 0.2) is 276 Å². The first-order valence-electron chi connectivity index (χ1n) is 24.4. The summed E-state index contributed by atoms with van der Waals surface area (Å²) in [6, 6.07) is 69.3. The second kappa shape index (κ2) is 25.2. The topological polar surface area (TPSA) is 24.7 Å². The number of aliphatic imine (C=N–C) groups is 2. The van der Waals surface area contributed by atoms with Gasteiger partial charge in [-0.25, -0.2) is 4.99 Å². The van der Waals surface area contributed by atoms with Gasteiger partial charge < -0.3 is 0 Å².